The van der Waals surface area contributed by atoms with Gasteiger partial charge in [0.05, 0.1) is 4.88 Å². The van der Waals surface area contributed by atoms with E-state index in [9.17, 15) is 36.3 Å². The molecule has 2 fully saturated rings. The molecule has 3 heterocycles. The maximum atomic E-state index is 13.3. The molecule has 1 aromatic carbocycles. The first-order valence-electron chi connectivity index (χ1n) is 12.3. The number of benzene rings is 1. The van der Waals surface area contributed by atoms with Crippen LogP contribution in [-0.2, 0) is 25.7 Å². The van der Waals surface area contributed by atoms with Gasteiger partial charge < -0.3 is 19.3 Å². The zero-order valence-corrected chi connectivity index (χ0v) is 22.4. The molecule has 1 aliphatic heterocycles. The Labute approximate surface area is 230 Å². The summed E-state index contributed by atoms with van der Waals surface area (Å²) >= 11 is 0.607. The van der Waals surface area contributed by atoms with Gasteiger partial charge in [0.2, 0.25) is 5.76 Å². The van der Waals surface area contributed by atoms with Crippen molar-refractivity contribution in [2.75, 3.05) is 13.1 Å². The van der Waals surface area contributed by atoms with Gasteiger partial charge in [-0.2, -0.15) is 17.9 Å². The molecule has 3 atom stereocenters. The van der Waals surface area contributed by atoms with Crippen molar-refractivity contribution in [1.29, 1.82) is 0 Å². The van der Waals surface area contributed by atoms with E-state index in [4.69, 9.17) is 4.74 Å². The van der Waals surface area contributed by atoms with Crippen LogP contribution < -0.4 is 4.72 Å². The van der Waals surface area contributed by atoms with E-state index < -0.39 is 51.6 Å². The fourth-order valence-electron chi connectivity index (χ4n) is 4.76. The minimum atomic E-state index is -4.76. The summed E-state index contributed by atoms with van der Waals surface area (Å²) in [5, 5.41) is 13.5. The average molecular weight is 600 g/mol. The number of carbonyl (C=O) groups excluding carboxylic acids is 1. The van der Waals surface area contributed by atoms with Crippen molar-refractivity contribution in [3.8, 4) is 10.6 Å². The smallest absolute Gasteiger partial charge is 0.452 e. The van der Waals surface area contributed by atoms with Crippen LogP contribution in [-0.4, -0.2) is 54.3 Å². The molecule has 2 N–H and O–H groups in total. The minimum Gasteiger partial charge on any atom is -0.480 e. The molecule has 1 amide bonds. The molecule has 5 rings (SSSR count). The fraction of sp³-hybridized carbons (Fsp3) is 0.400. The van der Waals surface area contributed by atoms with Gasteiger partial charge in [-0.05, 0) is 43.4 Å². The number of alkyl halides is 3. The summed E-state index contributed by atoms with van der Waals surface area (Å²) in [6, 6.07) is 11.5. The Morgan fingerprint density at radius 2 is 1.85 bits per heavy atom. The molecule has 214 valence electrons. The summed E-state index contributed by atoms with van der Waals surface area (Å²) < 4.78 is 77.2. The Bertz CT molecular complexity index is 1500. The maximum Gasteiger partial charge on any atom is 0.452 e. The van der Waals surface area contributed by atoms with Crippen LogP contribution in [0.15, 0.2) is 57.3 Å². The number of aromatic nitrogens is 1. The Hall–Kier alpha value is -3.43. The summed E-state index contributed by atoms with van der Waals surface area (Å²) in [7, 11) is -4.45. The third-order valence-electron chi connectivity index (χ3n) is 6.94. The third kappa shape index (κ3) is 5.58. The minimum absolute atomic E-state index is 0.0778. The normalized spacial score (nSPS) is 22.1. The fourth-order valence-corrected chi connectivity index (χ4v) is 7.43. The zero-order valence-electron chi connectivity index (χ0n) is 20.8. The highest BCUT2D eigenvalue weighted by Gasteiger charge is 2.67. The van der Waals surface area contributed by atoms with E-state index >= 15 is 0 Å². The first-order chi connectivity index (χ1) is 18.9. The lowest BCUT2D eigenvalue weighted by atomic mass is 10.0. The van der Waals surface area contributed by atoms with Crippen LogP contribution in [0.25, 0.3) is 10.6 Å². The van der Waals surface area contributed by atoms with E-state index in [0.29, 0.717) is 36.1 Å². The molecular weight excluding hydrogens is 575 g/mol. The van der Waals surface area contributed by atoms with Crippen LogP contribution in [0.3, 0.4) is 0 Å². The lowest BCUT2D eigenvalue weighted by Gasteiger charge is -2.29. The number of sulfonamides is 1. The number of ether oxygens (including phenoxy) is 1. The molecule has 1 aliphatic carbocycles. The van der Waals surface area contributed by atoms with Gasteiger partial charge >= 0.3 is 18.2 Å². The SMILES string of the molecule is O=C(OC(c1ccccc1)C1CC1(NS(=O)(=O)c1ccc(-c2cc(C(F)(F)F)on2)s1)C(=O)O)N1CCCCC1. The van der Waals surface area contributed by atoms with Crippen molar-refractivity contribution in [2.45, 2.75) is 47.7 Å². The summed E-state index contributed by atoms with van der Waals surface area (Å²) in [4.78, 5) is 27.0. The highest BCUT2D eigenvalue weighted by molar-refractivity contribution is 7.91. The molecule has 3 unspecified atom stereocenters. The first-order valence-corrected chi connectivity index (χ1v) is 14.6. The van der Waals surface area contributed by atoms with Crippen molar-refractivity contribution in [1.82, 2.24) is 14.8 Å². The van der Waals surface area contributed by atoms with E-state index in [2.05, 4.69) is 14.4 Å². The van der Waals surface area contributed by atoms with Gasteiger partial charge in [0, 0.05) is 25.1 Å². The third-order valence-corrected chi connectivity index (χ3v) is 10.0. The number of hydrogen-bond acceptors (Lipinski definition) is 8. The van der Waals surface area contributed by atoms with Gasteiger partial charge in [0.15, 0.2) is 0 Å². The number of carboxylic acid groups (broad SMARTS) is 1. The summed E-state index contributed by atoms with van der Waals surface area (Å²) in [6.45, 7) is 1.02. The molecule has 2 aliphatic rings. The van der Waals surface area contributed by atoms with E-state index in [-0.39, 0.29) is 21.2 Å². The number of nitrogens with one attached hydrogen (secondary N) is 1. The Morgan fingerprint density at radius 3 is 2.48 bits per heavy atom. The first kappa shape index (κ1) is 28.1. The second kappa shape index (κ2) is 10.5. The van der Waals surface area contributed by atoms with Crippen LogP contribution in [0.2, 0.25) is 0 Å². The number of amides is 1. The maximum absolute atomic E-state index is 13.3. The predicted molar refractivity (Wildman–Crippen MR) is 135 cm³/mol. The molecule has 15 heteroatoms. The standard InChI is InChI=1S/C25H24F3N3O7S2/c26-25(27,28)19-13-17(29-38-19)18-9-10-20(39-18)40(35,36)30-24(22(32)33)14-16(24)21(15-7-3-1-4-8-15)37-23(34)31-11-5-2-6-12-31/h1,3-4,7-10,13,16,21,30H,2,5-6,11-12,14H2,(H,32,33). The highest BCUT2D eigenvalue weighted by Crippen LogP contribution is 2.54. The number of hydrogen-bond donors (Lipinski definition) is 2. The number of carbonyl (C=O) groups is 2. The molecule has 2 aromatic heterocycles. The lowest BCUT2D eigenvalue weighted by molar-refractivity contribution is -0.155. The molecule has 0 radical (unpaired) electrons. The quantitative estimate of drug-likeness (QED) is 0.373. The van der Waals surface area contributed by atoms with E-state index in [1.54, 1.807) is 35.2 Å². The topological polar surface area (TPSA) is 139 Å². The number of piperidine rings is 1. The number of thiophene rings is 1. The van der Waals surface area contributed by atoms with Crippen molar-refractivity contribution >= 4 is 33.4 Å². The van der Waals surface area contributed by atoms with Gasteiger partial charge in [-0.3, -0.25) is 4.79 Å². The molecule has 1 saturated heterocycles. The number of halogens is 3. The van der Waals surface area contributed by atoms with Gasteiger partial charge in [-0.25, -0.2) is 13.2 Å². The van der Waals surface area contributed by atoms with Gasteiger partial charge in [0.25, 0.3) is 10.0 Å². The summed E-state index contributed by atoms with van der Waals surface area (Å²) in [5.74, 6) is -3.70. The lowest BCUT2D eigenvalue weighted by Crippen LogP contribution is -2.46. The number of rotatable bonds is 8. The Kier molecular flexibility index (Phi) is 7.39. The summed E-state index contributed by atoms with van der Waals surface area (Å²) in [6.07, 6.45) is -3.92. The van der Waals surface area contributed by atoms with Crippen molar-refractivity contribution in [3.05, 3.63) is 59.9 Å². The van der Waals surface area contributed by atoms with E-state index in [1.165, 1.54) is 6.07 Å². The summed E-state index contributed by atoms with van der Waals surface area (Å²) in [5.41, 5.74) is -1.67. The van der Waals surface area contributed by atoms with Gasteiger partial charge in [-0.1, -0.05) is 35.5 Å². The molecule has 0 bridgehead atoms. The van der Waals surface area contributed by atoms with Crippen molar-refractivity contribution in [2.24, 2.45) is 5.92 Å². The average Bonchev–Trinajstić information content (AvgIpc) is 3.28. The van der Waals surface area contributed by atoms with E-state index in [1.807, 2.05) is 0 Å². The Balaban J connectivity index is 1.38. The Morgan fingerprint density at radius 1 is 1.15 bits per heavy atom. The van der Waals surface area contributed by atoms with Crippen LogP contribution >= 0.6 is 11.3 Å². The van der Waals surface area contributed by atoms with Crippen LogP contribution in [0, 0.1) is 5.92 Å². The largest absolute Gasteiger partial charge is 0.480 e. The van der Waals surface area contributed by atoms with Crippen LogP contribution in [0.4, 0.5) is 18.0 Å². The predicted octanol–water partition coefficient (Wildman–Crippen LogP) is 4.91. The van der Waals surface area contributed by atoms with Gasteiger partial charge in [0.1, 0.15) is 21.5 Å². The van der Waals surface area contributed by atoms with E-state index in [0.717, 1.165) is 25.3 Å². The molecule has 3 aromatic rings. The number of aliphatic carboxylic acids is 1. The van der Waals surface area contributed by atoms with Crippen LogP contribution in [0.1, 0.15) is 43.1 Å². The van der Waals surface area contributed by atoms with Crippen LogP contribution in [0.5, 0.6) is 0 Å². The van der Waals surface area contributed by atoms with Crippen molar-refractivity contribution in [3.63, 3.8) is 0 Å². The second-order valence-corrected chi connectivity index (χ2v) is 12.6. The molecule has 40 heavy (non-hydrogen) atoms. The molecule has 1 saturated carbocycles. The number of likely N-dealkylation sites (tertiary alicyclic amines) is 1. The zero-order chi connectivity index (χ0) is 28.7. The second-order valence-electron chi connectivity index (χ2n) is 9.65. The van der Waals surface area contributed by atoms with Gasteiger partial charge in [-0.15, -0.1) is 11.3 Å². The number of carboxylic acids is 1. The monoisotopic (exact) mass is 599 g/mol. The molecular formula is C25H24F3N3O7S2. The molecule has 0 spiro atoms. The number of nitrogens with zero attached hydrogens (tertiary/aromatic N) is 2. The van der Waals surface area contributed by atoms with Crippen molar-refractivity contribution < 1.29 is 45.5 Å². The highest BCUT2D eigenvalue weighted by atomic mass is 32.2. The molecule has 10 nitrogen and oxygen atoms in total.